The molecule has 2 atom stereocenters. The Hall–Kier alpha value is -1.43. The van der Waals surface area contributed by atoms with Crippen LogP contribution in [0.2, 0.25) is 0 Å². The number of carboxylic acids is 1. The van der Waals surface area contributed by atoms with Gasteiger partial charge in [0.25, 0.3) is 0 Å². The molecular weight excluding hydrogens is 470 g/mol. The van der Waals surface area contributed by atoms with Crippen molar-refractivity contribution in [3.05, 3.63) is 29.6 Å². The largest absolute Gasteiger partial charge is 0.478 e. The van der Waals surface area contributed by atoms with E-state index in [0.717, 1.165) is 12.8 Å². The quantitative estimate of drug-likeness (QED) is 0.159. The number of hydrogen-bond acceptors (Lipinski definition) is 4. The van der Waals surface area contributed by atoms with Gasteiger partial charge in [0.1, 0.15) is 6.10 Å². The second-order valence-electron chi connectivity index (χ2n) is 8.74. The lowest BCUT2D eigenvalue weighted by molar-refractivity contribution is -0.149. The van der Waals surface area contributed by atoms with Crippen molar-refractivity contribution in [1.29, 1.82) is 0 Å². The van der Waals surface area contributed by atoms with Crippen molar-refractivity contribution in [2.45, 2.75) is 123 Å². The topological polar surface area (TPSA) is 76.5 Å². The lowest BCUT2D eigenvalue weighted by atomic mass is 9.93. The molecule has 0 bridgehead atoms. The summed E-state index contributed by atoms with van der Waals surface area (Å²) >= 11 is 0. The smallest absolute Gasteiger partial charge is 0.337 e. The molecule has 184 valence electrons. The summed E-state index contributed by atoms with van der Waals surface area (Å²) in [7, 11) is 0. The van der Waals surface area contributed by atoms with E-state index in [1.54, 1.807) is 12.3 Å². The van der Waals surface area contributed by atoms with E-state index in [1.807, 2.05) is 13.8 Å². The highest BCUT2D eigenvalue weighted by molar-refractivity contribution is 8.93. The molecule has 0 radical (unpaired) electrons. The Labute approximate surface area is 205 Å². The molecule has 0 spiro atoms. The zero-order valence-corrected chi connectivity index (χ0v) is 22.0. The Morgan fingerprint density at radius 3 is 1.91 bits per heavy atom. The second-order valence-corrected chi connectivity index (χ2v) is 8.74. The first-order valence-corrected chi connectivity index (χ1v) is 12.3. The molecule has 1 N–H and O–H groups in total. The number of rotatable bonds is 18. The van der Waals surface area contributed by atoms with Crippen LogP contribution in [0.1, 0.15) is 133 Å². The highest BCUT2D eigenvalue weighted by Crippen LogP contribution is 2.25. The molecular formula is C26H44BrNO4. The number of hydrogen-bond donors (Lipinski definition) is 1. The van der Waals surface area contributed by atoms with Crippen LogP contribution in [0.5, 0.6) is 0 Å². The first-order chi connectivity index (χ1) is 15.0. The van der Waals surface area contributed by atoms with Gasteiger partial charge in [-0.25, -0.2) is 4.79 Å². The number of esters is 1. The molecule has 0 aliphatic heterocycles. The highest BCUT2D eigenvalue weighted by Gasteiger charge is 2.23. The van der Waals surface area contributed by atoms with Crippen LogP contribution in [0.3, 0.4) is 0 Å². The van der Waals surface area contributed by atoms with E-state index in [9.17, 15) is 14.7 Å². The van der Waals surface area contributed by atoms with E-state index in [2.05, 4.69) is 11.9 Å². The fourth-order valence-corrected chi connectivity index (χ4v) is 3.89. The van der Waals surface area contributed by atoms with E-state index in [1.165, 1.54) is 76.8 Å². The Balaban J connectivity index is 0.00000961. The number of aromatic nitrogens is 1. The predicted octanol–water partition coefficient (Wildman–Crippen LogP) is 7.87. The lowest BCUT2D eigenvalue weighted by Gasteiger charge is -2.22. The zero-order chi connectivity index (χ0) is 22.9. The molecule has 0 saturated carbocycles. The summed E-state index contributed by atoms with van der Waals surface area (Å²) in [5.41, 5.74) is 0.804. The zero-order valence-electron chi connectivity index (χ0n) is 20.3. The van der Waals surface area contributed by atoms with E-state index in [0.29, 0.717) is 12.0 Å². The molecule has 32 heavy (non-hydrogen) atoms. The number of pyridine rings is 1. The van der Waals surface area contributed by atoms with Gasteiger partial charge in [-0.05, 0) is 25.0 Å². The van der Waals surface area contributed by atoms with Gasteiger partial charge in [0.15, 0.2) is 0 Å². The van der Waals surface area contributed by atoms with Crippen LogP contribution in [0.4, 0.5) is 0 Å². The molecule has 1 aromatic rings. The van der Waals surface area contributed by atoms with Crippen LogP contribution in [0.15, 0.2) is 18.5 Å². The summed E-state index contributed by atoms with van der Waals surface area (Å²) in [6, 6.07) is 1.69. The summed E-state index contributed by atoms with van der Waals surface area (Å²) in [5, 5.41) is 9.32. The average Bonchev–Trinajstić information content (AvgIpc) is 2.76. The fraction of sp³-hybridized carbons (Fsp3) is 0.731. The molecule has 0 saturated heterocycles. The molecule has 0 aromatic carbocycles. The summed E-state index contributed by atoms with van der Waals surface area (Å²) in [4.78, 5) is 27.4. The van der Waals surface area contributed by atoms with Crippen molar-refractivity contribution in [1.82, 2.24) is 4.98 Å². The highest BCUT2D eigenvalue weighted by atomic mass is 79.9. The number of unbranched alkanes of at least 4 members (excludes halogenated alkanes) is 12. The summed E-state index contributed by atoms with van der Waals surface area (Å²) in [5.74, 6) is -1.42. The monoisotopic (exact) mass is 513 g/mol. The third-order valence-electron chi connectivity index (χ3n) is 6.08. The first-order valence-electron chi connectivity index (χ1n) is 12.3. The maximum Gasteiger partial charge on any atom is 0.337 e. The van der Waals surface area contributed by atoms with Crippen molar-refractivity contribution >= 4 is 28.9 Å². The number of aromatic carboxylic acids is 1. The molecule has 0 fully saturated rings. The van der Waals surface area contributed by atoms with E-state index in [-0.39, 0.29) is 40.5 Å². The SMILES string of the molecule is Br.CCCCCCCCCCCCCCCC(=O)OC(C)C(C)c1ccncc1C(=O)O. The number of halogens is 1. The fourth-order valence-electron chi connectivity index (χ4n) is 3.89. The van der Waals surface area contributed by atoms with Gasteiger partial charge in [-0.2, -0.15) is 0 Å². The third kappa shape index (κ3) is 13.2. The predicted molar refractivity (Wildman–Crippen MR) is 136 cm³/mol. The molecule has 1 rings (SSSR count). The minimum atomic E-state index is -1.01. The Bertz CT molecular complexity index is 638. The van der Waals surface area contributed by atoms with Gasteiger partial charge < -0.3 is 9.84 Å². The molecule has 0 aliphatic carbocycles. The van der Waals surface area contributed by atoms with Crippen LogP contribution >= 0.6 is 17.0 Å². The van der Waals surface area contributed by atoms with Gasteiger partial charge in [-0.15, -0.1) is 17.0 Å². The molecule has 0 aliphatic rings. The van der Waals surface area contributed by atoms with Gasteiger partial charge in [0, 0.05) is 24.7 Å². The minimum Gasteiger partial charge on any atom is -0.478 e. The number of carboxylic acid groups (broad SMARTS) is 1. The van der Waals surface area contributed by atoms with E-state index < -0.39 is 5.97 Å². The van der Waals surface area contributed by atoms with Crippen LogP contribution in [-0.2, 0) is 9.53 Å². The molecule has 6 heteroatoms. The Morgan fingerprint density at radius 1 is 0.906 bits per heavy atom. The molecule has 0 amide bonds. The molecule has 2 unspecified atom stereocenters. The summed E-state index contributed by atoms with van der Waals surface area (Å²) < 4.78 is 5.56. The molecule has 1 aromatic heterocycles. The van der Waals surface area contributed by atoms with Gasteiger partial charge in [-0.3, -0.25) is 9.78 Å². The normalized spacial score (nSPS) is 12.6. The number of carbonyl (C=O) groups excluding carboxylic acids is 1. The number of carbonyl (C=O) groups is 2. The Kier molecular flexibility index (Phi) is 18.2. The second kappa shape index (κ2) is 19.1. The van der Waals surface area contributed by atoms with Gasteiger partial charge in [0.05, 0.1) is 5.56 Å². The van der Waals surface area contributed by atoms with Gasteiger partial charge in [0.2, 0.25) is 0 Å². The van der Waals surface area contributed by atoms with Crippen molar-refractivity contribution in [3.8, 4) is 0 Å². The van der Waals surface area contributed by atoms with Gasteiger partial charge in [-0.1, -0.05) is 90.9 Å². The number of ether oxygens (including phenoxy) is 1. The van der Waals surface area contributed by atoms with Crippen LogP contribution < -0.4 is 0 Å². The minimum absolute atomic E-state index is 0. The summed E-state index contributed by atoms with van der Waals surface area (Å²) in [6.45, 7) is 5.95. The van der Waals surface area contributed by atoms with Crippen molar-refractivity contribution < 1.29 is 19.4 Å². The van der Waals surface area contributed by atoms with Crippen LogP contribution in [0.25, 0.3) is 0 Å². The lowest BCUT2D eigenvalue weighted by Crippen LogP contribution is -2.22. The van der Waals surface area contributed by atoms with Crippen molar-refractivity contribution in [2.24, 2.45) is 0 Å². The van der Waals surface area contributed by atoms with Crippen molar-refractivity contribution in [2.75, 3.05) is 0 Å². The van der Waals surface area contributed by atoms with Crippen LogP contribution in [-0.4, -0.2) is 28.1 Å². The summed E-state index contributed by atoms with van der Waals surface area (Å²) in [6.07, 6.45) is 19.5. The number of nitrogens with zero attached hydrogens (tertiary/aromatic N) is 1. The standard InChI is InChI=1S/C26H43NO4.BrH/c1-4-5-6-7-8-9-10-11-12-13-14-15-16-17-25(28)31-22(3)21(2)23-18-19-27-20-24(23)26(29)30;/h18-22H,4-17H2,1-3H3,(H,29,30);1H. The Morgan fingerprint density at radius 2 is 1.41 bits per heavy atom. The molecule has 1 heterocycles. The van der Waals surface area contributed by atoms with Crippen LogP contribution in [0, 0.1) is 0 Å². The van der Waals surface area contributed by atoms with E-state index >= 15 is 0 Å². The van der Waals surface area contributed by atoms with Gasteiger partial charge >= 0.3 is 11.9 Å². The maximum atomic E-state index is 12.2. The third-order valence-corrected chi connectivity index (χ3v) is 6.08. The maximum absolute atomic E-state index is 12.2. The van der Waals surface area contributed by atoms with E-state index in [4.69, 9.17) is 4.74 Å². The average molecular weight is 515 g/mol. The van der Waals surface area contributed by atoms with Crippen molar-refractivity contribution in [3.63, 3.8) is 0 Å². The molecule has 5 nitrogen and oxygen atoms in total. The first kappa shape index (κ1) is 30.6.